The van der Waals surface area contributed by atoms with E-state index in [0.29, 0.717) is 22.8 Å². The predicted molar refractivity (Wildman–Crippen MR) is 125 cm³/mol. The smallest absolute Gasteiger partial charge is 0.258 e. The molecular formula is C22H17Cl2N3O2S. The van der Waals surface area contributed by atoms with Crippen molar-refractivity contribution in [2.24, 2.45) is 0 Å². The number of rotatable bonds is 5. The van der Waals surface area contributed by atoms with Crippen molar-refractivity contribution in [1.82, 2.24) is 5.32 Å². The summed E-state index contributed by atoms with van der Waals surface area (Å²) in [6, 6.07) is 21.1. The van der Waals surface area contributed by atoms with Crippen LogP contribution in [0.3, 0.4) is 0 Å². The highest BCUT2D eigenvalue weighted by atomic mass is 35.5. The molecule has 0 aromatic heterocycles. The van der Waals surface area contributed by atoms with Crippen molar-refractivity contribution in [2.45, 2.75) is 6.42 Å². The van der Waals surface area contributed by atoms with Gasteiger partial charge in [0, 0.05) is 16.4 Å². The monoisotopic (exact) mass is 457 g/mol. The quantitative estimate of drug-likeness (QED) is 0.454. The molecular weight excluding hydrogens is 441 g/mol. The van der Waals surface area contributed by atoms with Crippen molar-refractivity contribution in [3.05, 3.63) is 94.0 Å². The number of amides is 2. The zero-order valence-electron chi connectivity index (χ0n) is 15.6. The normalized spacial score (nSPS) is 10.2. The zero-order chi connectivity index (χ0) is 21.5. The molecule has 0 aliphatic carbocycles. The lowest BCUT2D eigenvalue weighted by atomic mass is 10.1. The highest BCUT2D eigenvalue weighted by Crippen LogP contribution is 2.20. The lowest BCUT2D eigenvalue weighted by molar-refractivity contribution is -0.115. The van der Waals surface area contributed by atoms with E-state index in [2.05, 4.69) is 16.0 Å². The van der Waals surface area contributed by atoms with Crippen LogP contribution in [0.4, 0.5) is 11.4 Å². The SMILES string of the molecule is O=C(Cc1ccccc1)Nc1ccc(NC(=S)NC(=O)c2cc(Cl)ccc2Cl)cc1. The molecule has 0 spiro atoms. The fourth-order valence-corrected chi connectivity index (χ4v) is 3.21. The molecule has 3 aromatic rings. The van der Waals surface area contributed by atoms with Gasteiger partial charge in [0.15, 0.2) is 5.11 Å². The van der Waals surface area contributed by atoms with Gasteiger partial charge in [-0.3, -0.25) is 14.9 Å². The van der Waals surface area contributed by atoms with Crippen molar-refractivity contribution in [2.75, 3.05) is 10.6 Å². The molecule has 3 N–H and O–H groups in total. The Hall–Kier alpha value is -2.93. The van der Waals surface area contributed by atoms with E-state index < -0.39 is 5.91 Å². The number of anilines is 2. The van der Waals surface area contributed by atoms with Crippen LogP contribution in [0.2, 0.25) is 10.0 Å². The minimum absolute atomic E-state index is 0.108. The molecule has 0 bridgehead atoms. The third kappa shape index (κ3) is 6.29. The van der Waals surface area contributed by atoms with Gasteiger partial charge >= 0.3 is 0 Å². The van der Waals surface area contributed by atoms with Gasteiger partial charge in [-0.05, 0) is 60.2 Å². The molecule has 152 valence electrons. The van der Waals surface area contributed by atoms with Crippen LogP contribution in [0.5, 0.6) is 0 Å². The van der Waals surface area contributed by atoms with E-state index >= 15 is 0 Å². The van der Waals surface area contributed by atoms with Crippen LogP contribution < -0.4 is 16.0 Å². The van der Waals surface area contributed by atoms with E-state index in [0.717, 1.165) is 5.56 Å². The van der Waals surface area contributed by atoms with Crippen LogP contribution in [0.15, 0.2) is 72.8 Å². The molecule has 0 radical (unpaired) electrons. The first-order chi connectivity index (χ1) is 14.4. The van der Waals surface area contributed by atoms with Gasteiger partial charge in [0.2, 0.25) is 5.91 Å². The van der Waals surface area contributed by atoms with E-state index in [1.165, 1.54) is 6.07 Å². The lowest BCUT2D eigenvalue weighted by Gasteiger charge is -2.11. The minimum Gasteiger partial charge on any atom is -0.332 e. The zero-order valence-corrected chi connectivity index (χ0v) is 17.9. The van der Waals surface area contributed by atoms with E-state index in [4.69, 9.17) is 35.4 Å². The molecule has 3 rings (SSSR count). The molecule has 0 atom stereocenters. The lowest BCUT2D eigenvalue weighted by Crippen LogP contribution is -2.34. The number of nitrogens with one attached hydrogen (secondary N) is 3. The molecule has 0 aliphatic heterocycles. The second-order valence-corrected chi connectivity index (χ2v) is 7.57. The molecule has 2 amide bonds. The maximum atomic E-state index is 12.3. The van der Waals surface area contributed by atoms with Crippen molar-refractivity contribution < 1.29 is 9.59 Å². The predicted octanol–water partition coefficient (Wildman–Crippen LogP) is 5.30. The topological polar surface area (TPSA) is 70.2 Å². The van der Waals surface area contributed by atoms with Gasteiger partial charge in [0.1, 0.15) is 0 Å². The third-order valence-electron chi connectivity index (χ3n) is 4.03. The van der Waals surface area contributed by atoms with Gasteiger partial charge in [0.05, 0.1) is 17.0 Å². The molecule has 0 saturated carbocycles. The van der Waals surface area contributed by atoms with Crippen molar-refractivity contribution in [3.8, 4) is 0 Å². The van der Waals surface area contributed by atoms with Gasteiger partial charge in [-0.2, -0.15) is 0 Å². The van der Waals surface area contributed by atoms with Crippen LogP contribution in [0.25, 0.3) is 0 Å². The molecule has 3 aromatic carbocycles. The summed E-state index contributed by atoms with van der Waals surface area (Å²) in [5, 5.41) is 9.08. The summed E-state index contributed by atoms with van der Waals surface area (Å²) in [6.07, 6.45) is 0.295. The van der Waals surface area contributed by atoms with Crippen LogP contribution in [0, 0.1) is 0 Å². The first-order valence-electron chi connectivity index (χ1n) is 8.92. The number of hydrogen-bond acceptors (Lipinski definition) is 3. The first-order valence-corrected chi connectivity index (χ1v) is 10.1. The Bertz CT molecular complexity index is 1070. The molecule has 5 nitrogen and oxygen atoms in total. The molecule has 8 heteroatoms. The van der Waals surface area contributed by atoms with Crippen molar-refractivity contribution in [3.63, 3.8) is 0 Å². The Morgan fingerprint density at radius 3 is 2.13 bits per heavy atom. The van der Waals surface area contributed by atoms with Gasteiger partial charge in [-0.1, -0.05) is 53.5 Å². The Morgan fingerprint density at radius 2 is 1.47 bits per heavy atom. The summed E-state index contributed by atoms with van der Waals surface area (Å²) in [7, 11) is 0. The van der Waals surface area contributed by atoms with Crippen LogP contribution in [-0.2, 0) is 11.2 Å². The average molecular weight is 458 g/mol. The average Bonchev–Trinajstić information content (AvgIpc) is 2.72. The summed E-state index contributed by atoms with van der Waals surface area (Å²) >= 11 is 17.1. The van der Waals surface area contributed by atoms with Crippen LogP contribution >= 0.6 is 35.4 Å². The highest BCUT2D eigenvalue weighted by molar-refractivity contribution is 7.80. The largest absolute Gasteiger partial charge is 0.332 e. The maximum absolute atomic E-state index is 12.3. The van der Waals surface area contributed by atoms with Crippen LogP contribution in [0.1, 0.15) is 15.9 Å². The fraction of sp³-hybridized carbons (Fsp3) is 0.0455. The Morgan fingerprint density at radius 1 is 0.833 bits per heavy atom. The number of hydrogen-bond donors (Lipinski definition) is 3. The van der Waals surface area contributed by atoms with Gasteiger partial charge in [0.25, 0.3) is 5.91 Å². The van der Waals surface area contributed by atoms with E-state index in [9.17, 15) is 9.59 Å². The molecule has 0 saturated heterocycles. The van der Waals surface area contributed by atoms with Crippen LogP contribution in [-0.4, -0.2) is 16.9 Å². The summed E-state index contributed by atoms with van der Waals surface area (Å²) < 4.78 is 0. The maximum Gasteiger partial charge on any atom is 0.258 e. The molecule has 0 heterocycles. The van der Waals surface area contributed by atoms with E-state index in [-0.39, 0.29) is 21.6 Å². The number of carbonyl (C=O) groups is 2. The second-order valence-electron chi connectivity index (χ2n) is 6.32. The number of benzene rings is 3. The van der Waals surface area contributed by atoms with E-state index in [1.807, 2.05) is 30.3 Å². The van der Waals surface area contributed by atoms with Crippen molar-refractivity contribution >= 4 is 63.7 Å². The van der Waals surface area contributed by atoms with Gasteiger partial charge < -0.3 is 10.6 Å². The summed E-state index contributed by atoms with van der Waals surface area (Å²) in [5.41, 5.74) is 2.47. The Kier molecular flexibility index (Phi) is 7.41. The third-order valence-corrected chi connectivity index (χ3v) is 4.80. The Balaban J connectivity index is 1.53. The van der Waals surface area contributed by atoms with Gasteiger partial charge in [-0.15, -0.1) is 0 Å². The molecule has 30 heavy (non-hydrogen) atoms. The number of thiocarbonyl (C=S) groups is 1. The number of halogens is 2. The minimum atomic E-state index is -0.468. The first kappa shape index (κ1) is 21.8. The Labute approximate surface area is 189 Å². The summed E-state index contributed by atoms with van der Waals surface area (Å²) in [6.45, 7) is 0. The number of carbonyl (C=O) groups excluding carboxylic acids is 2. The molecule has 0 aliphatic rings. The summed E-state index contributed by atoms with van der Waals surface area (Å²) in [4.78, 5) is 24.5. The molecule has 0 fully saturated rings. The fourth-order valence-electron chi connectivity index (χ4n) is 2.63. The van der Waals surface area contributed by atoms with Gasteiger partial charge in [-0.25, -0.2) is 0 Å². The van der Waals surface area contributed by atoms with Crippen molar-refractivity contribution in [1.29, 1.82) is 0 Å². The highest BCUT2D eigenvalue weighted by Gasteiger charge is 2.13. The summed E-state index contributed by atoms with van der Waals surface area (Å²) in [5.74, 6) is -0.576. The second kappa shape index (κ2) is 10.2. The van der Waals surface area contributed by atoms with E-state index in [1.54, 1.807) is 36.4 Å². The molecule has 0 unspecified atom stereocenters. The standard InChI is InChI=1S/C22H17Cl2N3O2S/c23-15-6-11-19(24)18(13-15)21(29)27-22(30)26-17-9-7-16(8-10-17)25-20(28)12-14-4-2-1-3-5-14/h1-11,13H,12H2,(H,25,28)(H2,26,27,29,30).